The highest BCUT2D eigenvalue weighted by Crippen LogP contribution is 2.24. The number of nitrogens with zero attached hydrogens (tertiary/aromatic N) is 5. The Bertz CT molecular complexity index is 1570. The number of amides is 5. The van der Waals surface area contributed by atoms with Gasteiger partial charge < -0.3 is 39.5 Å². The number of benzene rings is 1. The van der Waals surface area contributed by atoms with Crippen molar-refractivity contribution in [1.82, 2.24) is 35.1 Å². The van der Waals surface area contributed by atoms with Crippen LogP contribution in [0.15, 0.2) is 36.4 Å². The molecular weight excluding hydrogens is 674 g/mol. The van der Waals surface area contributed by atoms with E-state index in [2.05, 4.69) is 15.7 Å². The van der Waals surface area contributed by atoms with Crippen molar-refractivity contribution in [2.24, 2.45) is 0 Å². The van der Waals surface area contributed by atoms with Gasteiger partial charge in [-0.1, -0.05) is 18.2 Å². The lowest BCUT2D eigenvalue weighted by molar-refractivity contribution is -0.141. The zero-order valence-corrected chi connectivity index (χ0v) is 29.9. The van der Waals surface area contributed by atoms with Crippen LogP contribution >= 0.6 is 0 Å². The van der Waals surface area contributed by atoms with Gasteiger partial charge in [-0.15, -0.1) is 0 Å². The standard InChI is InChI=1S/C36H49N7O9/c1-3-50-36(49)41-20-18-40(19-21-41)35(48)28(15-7-8-22-51-25(2)44)38-33(46)29-23-32(43(39-29)27-13-5-4-6-14-27)52-24-31(45)42-17-10-16-30(42)34(47)37-26-11-9-12-26/h4-6,13-14,23,26,28,30H,3,7-12,15-22,24H2,1-2H3,(H,37,47)(H,38,46). The fourth-order valence-electron chi connectivity index (χ4n) is 6.44. The Morgan fingerprint density at radius 1 is 0.904 bits per heavy atom. The summed E-state index contributed by atoms with van der Waals surface area (Å²) in [6, 6.07) is 9.09. The van der Waals surface area contributed by atoms with Crippen LogP contribution in [-0.2, 0) is 28.7 Å². The second kappa shape index (κ2) is 18.4. The first-order chi connectivity index (χ1) is 25.1. The monoisotopic (exact) mass is 723 g/mol. The summed E-state index contributed by atoms with van der Waals surface area (Å²) >= 11 is 0. The van der Waals surface area contributed by atoms with Gasteiger partial charge in [0.1, 0.15) is 12.1 Å². The maximum absolute atomic E-state index is 13.8. The molecule has 2 atom stereocenters. The lowest BCUT2D eigenvalue weighted by atomic mass is 9.93. The molecule has 3 fully saturated rings. The molecule has 3 aliphatic rings. The Balaban J connectivity index is 1.27. The third-order valence-corrected chi connectivity index (χ3v) is 9.49. The van der Waals surface area contributed by atoms with Crippen LogP contribution in [0, 0.1) is 0 Å². The number of rotatable bonds is 15. The normalized spacial score (nSPS) is 17.9. The van der Waals surface area contributed by atoms with Gasteiger partial charge in [-0.2, -0.15) is 5.10 Å². The molecule has 1 aromatic heterocycles. The van der Waals surface area contributed by atoms with Gasteiger partial charge in [0.05, 0.1) is 18.9 Å². The highest BCUT2D eigenvalue weighted by molar-refractivity contribution is 5.96. The first kappa shape index (κ1) is 38.1. The first-order valence-corrected chi connectivity index (χ1v) is 18.2. The maximum atomic E-state index is 13.8. The van der Waals surface area contributed by atoms with E-state index in [1.807, 2.05) is 6.07 Å². The summed E-state index contributed by atoms with van der Waals surface area (Å²) < 4.78 is 17.5. The topological polar surface area (TPSA) is 182 Å². The molecule has 1 aliphatic carbocycles. The highest BCUT2D eigenvalue weighted by Gasteiger charge is 2.36. The minimum Gasteiger partial charge on any atom is -0.467 e. The molecule has 16 nitrogen and oxygen atoms in total. The van der Waals surface area contributed by atoms with Crippen molar-refractivity contribution in [3.63, 3.8) is 0 Å². The predicted molar refractivity (Wildman–Crippen MR) is 186 cm³/mol. The van der Waals surface area contributed by atoms with Crippen LogP contribution in [0.3, 0.4) is 0 Å². The minimum absolute atomic E-state index is 0.0323. The molecule has 0 spiro atoms. The van der Waals surface area contributed by atoms with Gasteiger partial charge in [0.2, 0.25) is 17.7 Å². The molecule has 5 amide bonds. The summed E-state index contributed by atoms with van der Waals surface area (Å²) in [5.41, 5.74) is 0.551. The smallest absolute Gasteiger partial charge is 0.409 e. The second-order valence-corrected chi connectivity index (χ2v) is 13.2. The number of esters is 1. The van der Waals surface area contributed by atoms with Gasteiger partial charge >= 0.3 is 12.1 Å². The minimum atomic E-state index is -0.926. The zero-order valence-electron chi connectivity index (χ0n) is 29.9. The van der Waals surface area contributed by atoms with Crippen LogP contribution < -0.4 is 15.4 Å². The summed E-state index contributed by atoms with van der Waals surface area (Å²) in [6.07, 6.45) is 5.10. The lowest BCUT2D eigenvalue weighted by Gasteiger charge is -2.36. The molecule has 2 saturated heterocycles. The van der Waals surface area contributed by atoms with Crippen LogP contribution in [0.2, 0.25) is 0 Å². The largest absolute Gasteiger partial charge is 0.467 e. The summed E-state index contributed by atoms with van der Waals surface area (Å²) in [5, 5.41) is 10.4. The van der Waals surface area contributed by atoms with E-state index in [0.717, 1.165) is 19.3 Å². The molecule has 2 aliphatic heterocycles. The van der Waals surface area contributed by atoms with Crippen molar-refractivity contribution >= 4 is 35.7 Å². The predicted octanol–water partition coefficient (Wildman–Crippen LogP) is 2.04. The van der Waals surface area contributed by atoms with Gasteiger partial charge in [-0.05, 0) is 70.4 Å². The van der Waals surface area contributed by atoms with Gasteiger partial charge in [-0.3, -0.25) is 24.0 Å². The lowest BCUT2D eigenvalue weighted by Crippen LogP contribution is -2.56. The number of piperazine rings is 1. The number of hydrogen-bond donors (Lipinski definition) is 2. The number of para-hydroxylation sites is 1. The molecule has 282 valence electrons. The number of aromatic nitrogens is 2. The average Bonchev–Trinajstić information content (AvgIpc) is 3.80. The Hall–Kier alpha value is -5.15. The summed E-state index contributed by atoms with van der Waals surface area (Å²) in [4.78, 5) is 81.9. The molecule has 5 rings (SSSR count). The quantitative estimate of drug-likeness (QED) is 0.204. The molecule has 2 aromatic rings. The third-order valence-electron chi connectivity index (χ3n) is 9.49. The molecule has 0 bridgehead atoms. The summed E-state index contributed by atoms with van der Waals surface area (Å²) in [7, 11) is 0. The van der Waals surface area contributed by atoms with E-state index in [0.29, 0.717) is 51.0 Å². The van der Waals surface area contributed by atoms with E-state index >= 15 is 0 Å². The van der Waals surface area contributed by atoms with E-state index in [9.17, 15) is 28.8 Å². The SMILES string of the molecule is CCOC(=O)N1CCN(C(=O)C(CCCCOC(C)=O)NC(=O)c2cc(OCC(=O)N3CCCC3C(=O)NC3CCC3)n(-c3ccccc3)n2)CC1. The Morgan fingerprint density at radius 3 is 2.31 bits per heavy atom. The van der Waals surface area contributed by atoms with Crippen molar-refractivity contribution in [2.45, 2.75) is 83.3 Å². The second-order valence-electron chi connectivity index (χ2n) is 13.2. The summed E-state index contributed by atoms with van der Waals surface area (Å²) in [6.45, 7) is 4.70. The highest BCUT2D eigenvalue weighted by atomic mass is 16.6. The van der Waals surface area contributed by atoms with E-state index in [1.165, 1.54) is 22.6 Å². The molecule has 3 heterocycles. The van der Waals surface area contributed by atoms with Gasteiger partial charge in [0, 0.05) is 51.8 Å². The van der Waals surface area contributed by atoms with Crippen molar-refractivity contribution in [2.75, 3.05) is 52.5 Å². The van der Waals surface area contributed by atoms with Gasteiger partial charge in [0.25, 0.3) is 11.8 Å². The molecule has 1 saturated carbocycles. The first-order valence-electron chi connectivity index (χ1n) is 18.2. The molecule has 0 radical (unpaired) electrons. The van der Waals surface area contributed by atoms with Crippen LogP contribution in [0.4, 0.5) is 4.79 Å². The average molecular weight is 724 g/mol. The third kappa shape index (κ3) is 10.0. The van der Waals surface area contributed by atoms with Gasteiger partial charge in [-0.25, -0.2) is 9.48 Å². The Morgan fingerprint density at radius 2 is 1.63 bits per heavy atom. The van der Waals surface area contributed by atoms with Crippen molar-refractivity contribution in [1.29, 1.82) is 0 Å². The number of ether oxygens (including phenoxy) is 3. The molecule has 2 unspecified atom stereocenters. The Kier molecular flexibility index (Phi) is 13.5. The summed E-state index contributed by atoms with van der Waals surface area (Å²) in [5.74, 6) is -1.68. The van der Waals surface area contributed by atoms with E-state index in [1.54, 1.807) is 41.0 Å². The zero-order chi connectivity index (χ0) is 37.0. The molecule has 16 heteroatoms. The van der Waals surface area contributed by atoms with Crippen LogP contribution in [0.5, 0.6) is 5.88 Å². The number of hydrogen-bond acceptors (Lipinski definition) is 10. The van der Waals surface area contributed by atoms with E-state index < -0.39 is 30.1 Å². The maximum Gasteiger partial charge on any atom is 0.409 e. The number of carbonyl (C=O) groups is 6. The molecule has 52 heavy (non-hydrogen) atoms. The van der Waals surface area contributed by atoms with E-state index in [4.69, 9.17) is 14.2 Å². The van der Waals surface area contributed by atoms with Gasteiger partial charge in [0.15, 0.2) is 12.3 Å². The molecular formula is C36H49N7O9. The molecule has 2 N–H and O–H groups in total. The van der Waals surface area contributed by atoms with Crippen molar-refractivity contribution in [3.8, 4) is 11.6 Å². The number of carbonyl (C=O) groups excluding carboxylic acids is 6. The van der Waals surface area contributed by atoms with Crippen LogP contribution in [-0.4, -0.2) is 131 Å². The fraction of sp³-hybridized carbons (Fsp3) is 0.583. The number of likely N-dealkylation sites (tertiary alicyclic amines) is 1. The number of nitrogens with one attached hydrogen (secondary N) is 2. The van der Waals surface area contributed by atoms with Crippen molar-refractivity contribution < 1.29 is 43.0 Å². The van der Waals surface area contributed by atoms with Crippen LogP contribution in [0.1, 0.15) is 75.7 Å². The number of unbranched alkanes of at least 4 members (excludes halogenated alkanes) is 1. The fourth-order valence-corrected chi connectivity index (χ4v) is 6.44. The van der Waals surface area contributed by atoms with Crippen LogP contribution in [0.25, 0.3) is 5.69 Å². The van der Waals surface area contributed by atoms with E-state index in [-0.39, 0.29) is 74.7 Å². The molecule has 1 aromatic carbocycles. The van der Waals surface area contributed by atoms with Crippen molar-refractivity contribution in [3.05, 3.63) is 42.1 Å². The Labute approximate surface area is 303 Å².